The van der Waals surface area contributed by atoms with Crippen molar-refractivity contribution in [3.63, 3.8) is 0 Å². The van der Waals surface area contributed by atoms with E-state index in [4.69, 9.17) is 0 Å². The molecule has 1 aromatic rings. The quantitative estimate of drug-likeness (QED) is 0.418. The number of thiol groups is 1. The maximum absolute atomic E-state index is 4.34. The second kappa shape index (κ2) is 4.13. The Labute approximate surface area is 106 Å². The van der Waals surface area contributed by atoms with Gasteiger partial charge in [0.2, 0.25) is 0 Å². The number of hydrogen-bond donors (Lipinski definition) is 1. The lowest BCUT2D eigenvalue weighted by Crippen LogP contribution is -1.82. The van der Waals surface area contributed by atoms with Gasteiger partial charge in [0.15, 0.2) is 0 Å². The smallest absolute Gasteiger partial charge is 0.0309 e. The topological polar surface area (TPSA) is 0 Å². The standard InChI is InChI=1S/C6H3I3S/c7-3-1-4(8)6(10)5(9)2-3/h1-2,10H. The summed E-state index contributed by atoms with van der Waals surface area (Å²) in [6.07, 6.45) is 0. The molecule has 1 aromatic carbocycles. The lowest BCUT2D eigenvalue weighted by Gasteiger charge is -2.00. The molecule has 0 bridgehead atoms. The molecular formula is C6H3I3S. The molecule has 0 unspecified atom stereocenters. The van der Waals surface area contributed by atoms with Crippen LogP contribution in [0.1, 0.15) is 0 Å². The van der Waals surface area contributed by atoms with Crippen LogP contribution in [0, 0.1) is 10.7 Å². The summed E-state index contributed by atoms with van der Waals surface area (Å²) in [5, 5.41) is 0. The van der Waals surface area contributed by atoms with E-state index in [9.17, 15) is 0 Å². The molecule has 0 saturated heterocycles. The van der Waals surface area contributed by atoms with Gasteiger partial charge in [0.25, 0.3) is 0 Å². The molecule has 0 aliphatic heterocycles. The van der Waals surface area contributed by atoms with E-state index in [1.165, 1.54) is 10.7 Å². The highest BCUT2D eigenvalue weighted by atomic mass is 127. The summed E-state index contributed by atoms with van der Waals surface area (Å²) in [6.45, 7) is 0. The van der Waals surface area contributed by atoms with Crippen LogP contribution in [-0.2, 0) is 0 Å². The highest BCUT2D eigenvalue weighted by Crippen LogP contribution is 2.24. The zero-order chi connectivity index (χ0) is 7.72. The molecule has 0 radical (unpaired) electrons. The lowest BCUT2D eigenvalue weighted by atomic mass is 10.4. The van der Waals surface area contributed by atoms with Gasteiger partial charge in [0.05, 0.1) is 0 Å². The van der Waals surface area contributed by atoms with E-state index in [-0.39, 0.29) is 0 Å². The molecule has 0 N–H and O–H groups in total. The summed E-state index contributed by atoms with van der Waals surface area (Å²) in [6, 6.07) is 4.23. The molecule has 0 fully saturated rings. The van der Waals surface area contributed by atoms with Crippen LogP contribution in [0.5, 0.6) is 0 Å². The van der Waals surface area contributed by atoms with Crippen molar-refractivity contribution >= 4 is 80.4 Å². The molecule has 54 valence electrons. The van der Waals surface area contributed by atoms with Crippen LogP contribution < -0.4 is 0 Å². The molecular weight excluding hydrogens is 485 g/mol. The van der Waals surface area contributed by atoms with Crippen LogP contribution in [-0.4, -0.2) is 0 Å². The van der Waals surface area contributed by atoms with Crippen LogP contribution in [0.4, 0.5) is 0 Å². The largest absolute Gasteiger partial charge is 0.141 e. The second-order valence-corrected chi connectivity index (χ2v) is 5.74. The zero-order valence-electron chi connectivity index (χ0n) is 4.74. The van der Waals surface area contributed by atoms with Crippen molar-refractivity contribution < 1.29 is 0 Å². The minimum Gasteiger partial charge on any atom is -0.141 e. The van der Waals surface area contributed by atoms with E-state index >= 15 is 0 Å². The fraction of sp³-hybridized carbons (Fsp3) is 0. The summed E-state index contributed by atoms with van der Waals surface area (Å²) in [5.74, 6) is 0. The monoisotopic (exact) mass is 488 g/mol. The first-order chi connectivity index (χ1) is 4.61. The van der Waals surface area contributed by atoms with E-state index in [1.54, 1.807) is 0 Å². The third-order valence-electron chi connectivity index (χ3n) is 0.982. The molecule has 0 amide bonds. The number of benzene rings is 1. The van der Waals surface area contributed by atoms with Crippen molar-refractivity contribution in [1.29, 1.82) is 0 Å². The van der Waals surface area contributed by atoms with E-state index < -0.39 is 0 Å². The number of halogens is 3. The molecule has 0 aromatic heterocycles. The van der Waals surface area contributed by atoms with Gasteiger partial charge in [-0.3, -0.25) is 0 Å². The first kappa shape index (κ1) is 9.85. The van der Waals surface area contributed by atoms with Crippen LogP contribution in [0.3, 0.4) is 0 Å². The van der Waals surface area contributed by atoms with E-state index in [0.29, 0.717) is 0 Å². The Hall–Kier alpha value is 1.76. The minimum atomic E-state index is 1.08. The lowest BCUT2D eigenvalue weighted by molar-refractivity contribution is 1.34. The van der Waals surface area contributed by atoms with Crippen LogP contribution in [0.15, 0.2) is 17.0 Å². The maximum atomic E-state index is 4.34. The fourth-order valence-corrected chi connectivity index (χ4v) is 4.25. The van der Waals surface area contributed by atoms with Crippen molar-refractivity contribution in [2.24, 2.45) is 0 Å². The van der Waals surface area contributed by atoms with E-state index in [0.717, 1.165) is 4.90 Å². The molecule has 0 aliphatic rings. The summed E-state index contributed by atoms with van der Waals surface area (Å²) in [7, 11) is 0. The Bertz CT molecular complexity index is 236. The van der Waals surface area contributed by atoms with Crippen LogP contribution in [0.2, 0.25) is 0 Å². The molecule has 0 atom stereocenters. The summed E-state index contributed by atoms with van der Waals surface area (Å²) < 4.78 is 3.71. The number of rotatable bonds is 0. The summed E-state index contributed by atoms with van der Waals surface area (Å²) in [5.41, 5.74) is 0. The first-order valence-electron chi connectivity index (χ1n) is 2.45. The predicted molar refractivity (Wildman–Crippen MR) is 71.8 cm³/mol. The normalized spacial score (nSPS) is 10.0. The van der Waals surface area contributed by atoms with Gasteiger partial charge in [-0.15, -0.1) is 12.6 Å². The van der Waals surface area contributed by atoms with Gasteiger partial charge < -0.3 is 0 Å². The molecule has 4 heteroatoms. The van der Waals surface area contributed by atoms with Gasteiger partial charge >= 0.3 is 0 Å². The van der Waals surface area contributed by atoms with Crippen molar-refractivity contribution in [3.8, 4) is 0 Å². The predicted octanol–water partition coefficient (Wildman–Crippen LogP) is 3.79. The maximum Gasteiger partial charge on any atom is 0.0309 e. The van der Waals surface area contributed by atoms with Gasteiger partial charge in [-0.05, 0) is 79.9 Å². The molecule has 0 aliphatic carbocycles. The Morgan fingerprint density at radius 2 is 1.40 bits per heavy atom. The van der Waals surface area contributed by atoms with Gasteiger partial charge in [0, 0.05) is 15.6 Å². The molecule has 0 heterocycles. The third kappa shape index (κ3) is 2.37. The summed E-state index contributed by atoms with van der Waals surface area (Å²) in [4.78, 5) is 1.08. The van der Waals surface area contributed by atoms with Crippen LogP contribution in [0.25, 0.3) is 0 Å². The Morgan fingerprint density at radius 1 is 1.00 bits per heavy atom. The highest BCUT2D eigenvalue weighted by Gasteiger charge is 2.00. The van der Waals surface area contributed by atoms with Gasteiger partial charge in [-0.25, -0.2) is 0 Å². The average Bonchev–Trinajstić information content (AvgIpc) is 1.82. The molecule has 10 heavy (non-hydrogen) atoms. The van der Waals surface area contributed by atoms with Gasteiger partial charge in [-0.1, -0.05) is 0 Å². The molecule has 0 spiro atoms. The van der Waals surface area contributed by atoms with E-state index in [1.807, 2.05) is 0 Å². The van der Waals surface area contributed by atoms with Crippen molar-refractivity contribution in [2.75, 3.05) is 0 Å². The SMILES string of the molecule is Sc1c(I)cc(I)cc1I. The molecule has 0 nitrogen and oxygen atoms in total. The zero-order valence-corrected chi connectivity index (χ0v) is 12.1. The van der Waals surface area contributed by atoms with Crippen molar-refractivity contribution in [1.82, 2.24) is 0 Å². The van der Waals surface area contributed by atoms with E-state index in [2.05, 4.69) is 92.5 Å². The number of hydrogen-bond acceptors (Lipinski definition) is 1. The summed E-state index contributed by atoms with van der Waals surface area (Å²) >= 11 is 11.2. The Kier molecular flexibility index (Phi) is 4.06. The molecule has 0 saturated carbocycles. The van der Waals surface area contributed by atoms with Gasteiger partial charge in [-0.2, -0.15) is 0 Å². The highest BCUT2D eigenvalue weighted by molar-refractivity contribution is 14.1. The average molecular weight is 488 g/mol. The van der Waals surface area contributed by atoms with Crippen molar-refractivity contribution in [2.45, 2.75) is 4.90 Å². The molecule has 1 rings (SSSR count). The third-order valence-corrected chi connectivity index (χ3v) is 4.64. The second-order valence-electron chi connectivity index (χ2n) is 1.72. The Balaban J connectivity index is 3.31. The van der Waals surface area contributed by atoms with Crippen LogP contribution >= 0.6 is 80.4 Å². The van der Waals surface area contributed by atoms with Crippen molar-refractivity contribution in [3.05, 3.63) is 22.8 Å². The fourth-order valence-electron chi connectivity index (χ4n) is 0.535. The van der Waals surface area contributed by atoms with Gasteiger partial charge in [0.1, 0.15) is 0 Å². The Morgan fingerprint density at radius 3 is 1.80 bits per heavy atom. The minimum absolute atomic E-state index is 1.08. The first-order valence-corrected chi connectivity index (χ1v) is 6.13.